The fourth-order valence-corrected chi connectivity index (χ4v) is 2.73. The van der Waals surface area contributed by atoms with Crippen molar-refractivity contribution in [3.8, 4) is 10.6 Å². The van der Waals surface area contributed by atoms with E-state index in [9.17, 15) is 4.79 Å². The Morgan fingerprint density at radius 2 is 2.32 bits per heavy atom. The standard InChI is InChI=1S/C12H9N3O2S2/c16-12(14-7-11-13-3-5-19-11)8-6-9(17-15-8)10-2-1-4-18-10/h1-6H,7H2,(H,14,16). The van der Waals surface area contributed by atoms with Crippen molar-refractivity contribution in [2.75, 3.05) is 0 Å². The molecule has 0 saturated heterocycles. The molecule has 3 rings (SSSR count). The first kappa shape index (κ1) is 12.1. The Kier molecular flexibility index (Phi) is 3.39. The van der Waals surface area contributed by atoms with Crippen molar-refractivity contribution in [2.45, 2.75) is 6.54 Å². The fraction of sp³-hybridized carbons (Fsp3) is 0.0833. The van der Waals surface area contributed by atoms with Crippen molar-refractivity contribution < 1.29 is 9.32 Å². The highest BCUT2D eigenvalue weighted by Crippen LogP contribution is 2.25. The van der Waals surface area contributed by atoms with Gasteiger partial charge in [-0.25, -0.2) is 4.98 Å². The van der Waals surface area contributed by atoms with Gasteiger partial charge in [0.2, 0.25) is 0 Å². The third-order valence-corrected chi connectivity index (χ3v) is 4.05. The predicted molar refractivity (Wildman–Crippen MR) is 73.1 cm³/mol. The molecule has 0 saturated carbocycles. The quantitative estimate of drug-likeness (QED) is 0.802. The Bertz CT molecular complexity index is 659. The highest BCUT2D eigenvalue weighted by atomic mass is 32.1. The summed E-state index contributed by atoms with van der Waals surface area (Å²) in [4.78, 5) is 16.9. The van der Waals surface area contributed by atoms with E-state index < -0.39 is 0 Å². The van der Waals surface area contributed by atoms with Gasteiger partial charge in [-0.2, -0.15) is 0 Å². The van der Waals surface area contributed by atoms with Crippen LogP contribution in [0.1, 0.15) is 15.5 Å². The van der Waals surface area contributed by atoms with Crippen molar-refractivity contribution in [2.24, 2.45) is 0 Å². The number of hydrogen-bond acceptors (Lipinski definition) is 6. The molecular weight excluding hydrogens is 282 g/mol. The van der Waals surface area contributed by atoms with Gasteiger partial charge in [0.15, 0.2) is 11.5 Å². The summed E-state index contributed by atoms with van der Waals surface area (Å²) in [7, 11) is 0. The topological polar surface area (TPSA) is 68.0 Å². The molecule has 0 atom stereocenters. The summed E-state index contributed by atoms with van der Waals surface area (Å²) in [5, 5.41) is 11.2. The summed E-state index contributed by atoms with van der Waals surface area (Å²) in [5.74, 6) is 0.344. The Labute approximate surface area is 116 Å². The lowest BCUT2D eigenvalue weighted by Crippen LogP contribution is -2.22. The minimum absolute atomic E-state index is 0.262. The number of thiophene rings is 1. The summed E-state index contributed by atoms with van der Waals surface area (Å²) in [6.45, 7) is 0.400. The number of aromatic nitrogens is 2. The molecule has 1 N–H and O–H groups in total. The van der Waals surface area contributed by atoms with Gasteiger partial charge in [0.05, 0.1) is 11.4 Å². The zero-order valence-corrected chi connectivity index (χ0v) is 11.3. The van der Waals surface area contributed by atoms with Crippen LogP contribution < -0.4 is 5.32 Å². The lowest BCUT2D eigenvalue weighted by atomic mass is 10.3. The summed E-state index contributed by atoms with van der Waals surface area (Å²) in [6.07, 6.45) is 1.71. The van der Waals surface area contributed by atoms with Crippen molar-refractivity contribution in [1.82, 2.24) is 15.5 Å². The smallest absolute Gasteiger partial charge is 0.273 e. The second kappa shape index (κ2) is 5.33. The predicted octanol–water partition coefficient (Wildman–Crippen LogP) is 2.79. The SMILES string of the molecule is O=C(NCc1nccs1)c1cc(-c2cccs2)on1. The maximum Gasteiger partial charge on any atom is 0.273 e. The monoisotopic (exact) mass is 291 g/mol. The van der Waals surface area contributed by atoms with Gasteiger partial charge >= 0.3 is 0 Å². The van der Waals surface area contributed by atoms with Gasteiger partial charge in [-0.05, 0) is 11.4 Å². The molecule has 3 heterocycles. The minimum atomic E-state index is -0.262. The second-order valence-corrected chi connectivity index (χ2v) is 5.59. The number of nitrogens with one attached hydrogen (secondary N) is 1. The highest BCUT2D eigenvalue weighted by Gasteiger charge is 2.14. The lowest BCUT2D eigenvalue weighted by molar-refractivity contribution is 0.0942. The normalized spacial score (nSPS) is 10.5. The average Bonchev–Trinajstić information content (AvgIpc) is 3.14. The van der Waals surface area contributed by atoms with Gasteiger partial charge in [0.25, 0.3) is 5.91 Å². The Morgan fingerprint density at radius 1 is 1.37 bits per heavy atom. The van der Waals surface area contributed by atoms with E-state index in [0.29, 0.717) is 12.3 Å². The van der Waals surface area contributed by atoms with Gasteiger partial charge in [-0.3, -0.25) is 4.79 Å². The molecule has 19 heavy (non-hydrogen) atoms. The molecule has 0 unspecified atom stereocenters. The highest BCUT2D eigenvalue weighted by molar-refractivity contribution is 7.13. The summed E-state index contributed by atoms with van der Waals surface area (Å²) in [6, 6.07) is 5.48. The number of amides is 1. The molecule has 96 valence electrons. The van der Waals surface area contributed by atoms with Crippen molar-refractivity contribution in [1.29, 1.82) is 0 Å². The average molecular weight is 291 g/mol. The van der Waals surface area contributed by atoms with E-state index in [1.165, 1.54) is 22.7 Å². The van der Waals surface area contributed by atoms with E-state index in [2.05, 4.69) is 15.5 Å². The summed E-state index contributed by atoms with van der Waals surface area (Å²) >= 11 is 3.03. The number of thiazole rings is 1. The summed E-state index contributed by atoms with van der Waals surface area (Å²) in [5.41, 5.74) is 0.278. The molecule has 5 nitrogen and oxygen atoms in total. The second-order valence-electron chi connectivity index (χ2n) is 3.66. The van der Waals surface area contributed by atoms with Crippen molar-refractivity contribution in [3.63, 3.8) is 0 Å². The van der Waals surface area contributed by atoms with Crippen LogP contribution in [0.4, 0.5) is 0 Å². The lowest BCUT2D eigenvalue weighted by Gasteiger charge is -1.98. The van der Waals surface area contributed by atoms with Crippen molar-refractivity contribution >= 4 is 28.6 Å². The number of nitrogens with zero attached hydrogens (tertiary/aromatic N) is 2. The van der Waals surface area contributed by atoms with Gasteiger partial charge in [0.1, 0.15) is 5.01 Å². The molecule has 3 aromatic heterocycles. The molecular formula is C12H9N3O2S2. The Balaban J connectivity index is 1.67. The van der Waals surface area contributed by atoms with Crippen LogP contribution in [0.3, 0.4) is 0 Å². The first-order valence-electron chi connectivity index (χ1n) is 5.50. The van der Waals surface area contributed by atoms with Crippen LogP contribution >= 0.6 is 22.7 Å². The molecule has 3 aromatic rings. The zero-order valence-electron chi connectivity index (χ0n) is 9.70. The third kappa shape index (κ3) is 2.72. The van der Waals surface area contributed by atoms with Crippen LogP contribution in [-0.2, 0) is 6.54 Å². The maximum absolute atomic E-state index is 11.9. The number of carbonyl (C=O) groups is 1. The number of carbonyl (C=O) groups excluding carboxylic acids is 1. The van der Waals surface area contributed by atoms with Crippen LogP contribution in [-0.4, -0.2) is 16.0 Å². The Hall–Kier alpha value is -1.99. The van der Waals surface area contributed by atoms with Gasteiger partial charge in [-0.1, -0.05) is 11.2 Å². The van der Waals surface area contributed by atoms with Crippen LogP contribution in [0.15, 0.2) is 39.7 Å². The van der Waals surface area contributed by atoms with Crippen LogP contribution in [0.5, 0.6) is 0 Å². The molecule has 0 spiro atoms. The van der Waals surface area contributed by atoms with Gasteiger partial charge < -0.3 is 9.84 Å². The van der Waals surface area contributed by atoms with E-state index in [1.54, 1.807) is 12.3 Å². The van der Waals surface area contributed by atoms with Crippen LogP contribution in [0.2, 0.25) is 0 Å². The minimum Gasteiger partial charge on any atom is -0.355 e. The van der Waals surface area contributed by atoms with Gasteiger partial charge in [0, 0.05) is 17.6 Å². The summed E-state index contributed by atoms with van der Waals surface area (Å²) < 4.78 is 5.15. The van der Waals surface area contributed by atoms with Gasteiger partial charge in [-0.15, -0.1) is 22.7 Å². The first-order valence-corrected chi connectivity index (χ1v) is 7.26. The fourth-order valence-electron chi connectivity index (χ4n) is 1.50. The van der Waals surface area contributed by atoms with Crippen molar-refractivity contribution in [3.05, 3.63) is 45.9 Å². The van der Waals surface area contributed by atoms with E-state index in [4.69, 9.17) is 4.52 Å². The molecule has 0 radical (unpaired) electrons. The number of rotatable bonds is 4. The van der Waals surface area contributed by atoms with E-state index in [0.717, 1.165) is 9.88 Å². The van der Waals surface area contributed by atoms with Crippen LogP contribution in [0.25, 0.3) is 10.6 Å². The largest absolute Gasteiger partial charge is 0.355 e. The molecule has 0 aliphatic rings. The first-order chi connectivity index (χ1) is 9.33. The number of hydrogen-bond donors (Lipinski definition) is 1. The molecule has 7 heteroatoms. The molecule has 0 aromatic carbocycles. The third-order valence-electron chi connectivity index (χ3n) is 2.39. The zero-order chi connectivity index (χ0) is 13.1. The van der Waals surface area contributed by atoms with Crippen LogP contribution in [0, 0.1) is 0 Å². The van der Waals surface area contributed by atoms with E-state index in [-0.39, 0.29) is 11.6 Å². The van der Waals surface area contributed by atoms with E-state index >= 15 is 0 Å². The molecule has 0 aliphatic carbocycles. The molecule has 0 aliphatic heterocycles. The molecule has 0 bridgehead atoms. The molecule has 1 amide bonds. The molecule has 0 fully saturated rings. The maximum atomic E-state index is 11.9. The Morgan fingerprint density at radius 3 is 3.05 bits per heavy atom. The van der Waals surface area contributed by atoms with E-state index in [1.807, 2.05) is 22.9 Å².